The average Bonchev–Trinajstić information content (AvgIpc) is 2.73. The summed E-state index contributed by atoms with van der Waals surface area (Å²) in [6.45, 7) is 35.5. The molecule has 0 spiro atoms. The summed E-state index contributed by atoms with van der Waals surface area (Å²) in [7, 11) is 0. The van der Waals surface area contributed by atoms with Crippen LogP contribution in [0.1, 0.15) is 144 Å². The van der Waals surface area contributed by atoms with Gasteiger partial charge in [0, 0.05) is 12.3 Å². The van der Waals surface area contributed by atoms with Gasteiger partial charge in [-0.25, -0.2) is 29.3 Å². The Morgan fingerprint density at radius 2 is 0.976 bits per heavy atom. The van der Waals surface area contributed by atoms with E-state index in [9.17, 15) is 0 Å². The van der Waals surface area contributed by atoms with Crippen LogP contribution in [0.15, 0.2) is 0 Å². The molecule has 8 nitrogen and oxygen atoms in total. The molecule has 0 saturated heterocycles. The number of hydrogen-bond donors (Lipinski definition) is 0. The molecule has 1 saturated carbocycles. The van der Waals surface area contributed by atoms with Crippen LogP contribution in [-0.4, -0.2) is 39.4 Å². The SMILES string of the molecule is CC1CC(C)(C)C(CC(C)(C#CC(C)(C)OOC(C)(C)C)OOC(C)(C)C)C(OOC(C)(C)C)(OOC(C)(C)C)C1. The summed E-state index contributed by atoms with van der Waals surface area (Å²) in [6.07, 6.45) is 1.90. The third-order valence-electron chi connectivity index (χ3n) is 6.04. The van der Waals surface area contributed by atoms with Gasteiger partial charge in [-0.2, -0.15) is 9.78 Å². The second-order valence-electron chi connectivity index (χ2n) is 17.2. The van der Waals surface area contributed by atoms with Crippen molar-refractivity contribution in [2.45, 2.75) is 183 Å². The lowest BCUT2D eigenvalue weighted by Crippen LogP contribution is -2.58. The molecule has 0 N–H and O–H groups in total. The van der Waals surface area contributed by atoms with Crippen LogP contribution in [0.2, 0.25) is 0 Å². The predicted molar refractivity (Wildman–Crippen MR) is 161 cm³/mol. The molecule has 1 rings (SSSR count). The Bertz CT molecular complexity index is 868. The molecule has 242 valence electrons. The van der Waals surface area contributed by atoms with Crippen molar-refractivity contribution in [3.8, 4) is 11.8 Å². The zero-order chi connectivity index (χ0) is 32.3. The zero-order valence-corrected chi connectivity index (χ0v) is 29.5. The van der Waals surface area contributed by atoms with Gasteiger partial charge in [0.1, 0.15) is 0 Å². The normalized spacial score (nSPS) is 23.5. The third kappa shape index (κ3) is 14.5. The van der Waals surface area contributed by atoms with Gasteiger partial charge in [0.05, 0.1) is 22.4 Å². The highest BCUT2D eigenvalue weighted by atomic mass is 17.3. The first-order valence-electron chi connectivity index (χ1n) is 15.0. The Morgan fingerprint density at radius 1 is 0.561 bits per heavy atom. The molecule has 3 atom stereocenters. The molecule has 0 aromatic carbocycles. The number of rotatable bonds is 10. The first kappa shape index (κ1) is 38.3. The summed E-state index contributed by atoms with van der Waals surface area (Å²) in [4.78, 5) is 47.9. The third-order valence-corrected chi connectivity index (χ3v) is 6.04. The van der Waals surface area contributed by atoms with E-state index in [1.54, 1.807) is 0 Å². The van der Waals surface area contributed by atoms with Crippen LogP contribution in [0.25, 0.3) is 0 Å². The van der Waals surface area contributed by atoms with Crippen molar-refractivity contribution in [3.05, 3.63) is 0 Å². The maximum absolute atomic E-state index is 6.33. The second-order valence-corrected chi connectivity index (χ2v) is 17.2. The lowest BCUT2D eigenvalue weighted by atomic mass is 9.60. The van der Waals surface area contributed by atoms with Crippen LogP contribution >= 0.6 is 0 Å². The summed E-state index contributed by atoms with van der Waals surface area (Å²) < 4.78 is 0. The van der Waals surface area contributed by atoms with Gasteiger partial charge in [-0.1, -0.05) is 32.6 Å². The van der Waals surface area contributed by atoms with Crippen LogP contribution in [0.3, 0.4) is 0 Å². The summed E-state index contributed by atoms with van der Waals surface area (Å²) in [6, 6.07) is 0. The highest BCUT2D eigenvalue weighted by Crippen LogP contribution is 2.54. The van der Waals surface area contributed by atoms with Crippen LogP contribution in [0, 0.1) is 29.1 Å². The molecule has 0 aromatic heterocycles. The lowest BCUT2D eigenvalue weighted by Gasteiger charge is -2.53. The smallest absolute Gasteiger partial charge is 0.229 e. The minimum Gasteiger partial charge on any atom is -0.229 e. The van der Waals surface area contributed by atoms with E-state index in [4.69, 9.17) is 39.1 Å². The van der Waals surface area contributed by atoms with Crippen molar-refractivity contribution in [2.75, 3.05) is 0 Å². The predicted octanol–water partition coefficient (Wildman–Crippen LogP) is 8.67. The Hall–Kier alpha value is -0.760. The van der Waals surface area contributed by atoms with Gasteiger partial charge in [-0.15, -0.1) is 0 Å². The van der Waals surface area contributed by atoms with Crippen molar-refractivity contribution in [2.24, 2.45) is 17.3 Å². The molecule has 1 aliphatic rings. The van der Waals surface area contributed by atoms with E-state index in [2.05, 4.69) is 32.6 Å². The van der Waals surface area contributed by atoms with Crippen molar-refractivity contribution in [1.82, 2.24) is 0 Å². The molecular formula is C33H62O8. The second kappa shape index (κ2) is 13.1. The molecule has 0 amide bonds. The van der Waals surface area contributed by atoms with Crippen LogP contribution in [-0.2, 0) is 39.1 Å². The van der Waals surface area contributed by atoms with Crippen LogP contribution in [0.5, 0.6) is 0 Å². The minimum absolute atomic E-state index is 0.268. The highest BCUT2D eigenvalue weighted by molar-refractivity contribution is 5.20. The van der Waals surface area contributed by atoms with Gasteiger partial charge in [0.2, 0.25) is 5.79 Å². The molecule has 0 heterocycles. The van der Waals surface area contributed by atoms with E-state index < -0.39 is 39.4 Å². The first-order valence-corrected chi connectivity index (χ1v) is 15.0. The maximum Gasteiger partial charge on any atom is 0.237 e. The fourth-order valence-electron chi connectivity index (χ4n) is 4.60. The van der Waals surface area contributed by atoms with E-state index in [1.807, 2.05) is 104 Å². The lowest BCUT2D eigenvalue weighted by molar-refractivity contribution is -0.564. The molecular weight excluding hydrogens is 524 g/mol. The van der Waals surface area contributed by atoms with Gasteiger partial charge >= 0.3 is 0 Å². The van der Waals surface area contributed by atoms with E-state index in [1.165, 1.54) is 0 Å². The zero-order valence-electron chi connectivity index (χ0n) is 29.5. The Labute approximate surface area is 251 Å². The van der Waals surface area contributed by atoms with Gasteiger partial charge in [0.15, 0.2) is 11.2 Å². The van der Waals surface area contributed by atoms with Crippen LogP contribution < -0.4 is 0 Å². The Morgan fingerprint density at radius 3 is 1.39 bits per heavy atom. The average molecular weight is 587 g/mol. The van der Waals surface area contributed by atoms with E-state index in [0.717, 1.165) is 6.42 Å². The van der Waals surface area contributed by atoms with E-state index in [-0.39, 0.29) is 17.3 Å². The fourth-order valence-corrected chi connectivity index (χ4v) is 4.60. The quantitative estimate of drug-likeness (QED) is 0.109. The molecule has 0 bridgehead atoms. The van der Waals surface area contributed by atoms with Crippen molar-refractivity contribution in [1.29, 1.82) is 0 Å². The fraction of sp³-hybridized carbons (Fsp3) is 0.939. The summed E-state index contributed by atoms with van der Waals surface area (Å²) in [5, 5.41) is 0. The van der Waals surface area contributed by atoms with Crippen molar-refractivity contribution < 1.29 is 39.1 Å². The highest BCUT2D eigenvalue weighted by Gasteiger charge is 2.58. The molecule has 8 heteroatoms. The summed E-state index contributed by atoms with van der Waals surface area (Å²) in [5.41, 5.74) is -4.45. The standard InChI is InChI=1S/C33H62O8/c1-24-21-30(14,15)25(33(22-24,40-36-28(8,9)10)41-37-29(11,12)13)23-32(18,39-35-27(5,6)7)20-19-31(16,17)38-34-26(2,3)4/h24-25H,21-23H2,1-18H3. The largest absolute Gasteiger partial charge is 0.237 e. The maximum atomic E-state index is 6.33. The minimum atomic E-state index is -1.24. The first-order chi connectivity index (χ1) is 18.0. The Kier molecular flexibility index (Phi) is 12.2. The molecule has 1 aliphatic carbocycles. The summed E-state index contributed by atoms with van der Waals surface area (Å²) >= 11 is 0. The number of hydrogen-bond acceptors (Lipinski definition) is 8. The molecule has 0 radical (unpaired) electrons. The van der Waals surface area contributed by atoms with E-state index in [0.29, 0.717) is 12.8 Å². The van der Waals surface area contributed by atoms with Gasteiger partial charge in [0.25, 0.3) is 0 Å². The molecule has 3 unspecified atom stereocenters. The van der Waals surface area contributed by atoms with Crippen molar-refractivity contribution >= 4 is 0 Å². The molecule has 0 aliphatic heterocycles. The molecule has 41 heavy (non-hydrogen) atoms. The van der Waals surface area contributed by atoms with Gasteiger partial charge < -0.3 is 0 Å². The molecule has 0 aromatic rings. The van der Waals surface area contributed by atoms with Gasteiger partial charge in [-0.05, 0) is 128 Å². The van der Waals surface area contributed by atoms with Gasteiger partial charge in [-0.3, -0.25) is 0 Å². The monoisotopic (exact) mass is 586 g/mol. The van der Waals surface area contributed by atoms with Crippen molar-refractivity contribution in [3.63, 3.8) is 0 Å². The summed E-state index contributed by atoms with van der Waals surface area (Å²) in [5.74, 6) is 5.33. The topological polar surface area (TPSA) is 73.8 Å². The van der Waals surface area contributed by atoms with E-state index >= 15 is 0 Å². The Balaban J connectivity index is 3.66. The van der Waals surface area contributed by atoms with Crippen LogP contribution in [0.4, 0.5) is 0 Å². The molecule has 1 fully saturated rings.